The molecule has 6 heteroatoms. The molecule has 0 saturated carbocycles. The highest BCUT2D eigenvalue weighted by atomic mass is 32.2. The Kier molecular flexibility index (Phi) is 6.24. The van der Waals surface area contributed by atoms with Crippen LogP contribution in [0.1, 0.15) is 25.3 Å². The van der Waals surface area contributed by atoms with E-state index in [9.17, 15) is 0 Å². The normalized spacial score (nSPS) is 19.3. The maximum absolute atomic E-state index is 4.68. The van der Waals surface area contributed by atoms with E-state index >= 15 is 0 Å². The van der Waals surface area contributed by atoms with Crippen LogP contribution in [0.15, 0.2) is 17.4 Å². The van der Waals surface area contributed by atoms with Gasteiger partial charge in [-0.25, -0.2) is 0 Å². The van der Waals surface area contributed by atoms with E-state index in [0.29, 0.717) is 5.25 Å². The molecule has 112 valence electrons. The van der Waals surface area contributed by atoms with Gasteiger partial charge in [-0.2, -0.15) is 16.9 Å². The van der Waals surface area contributed by atoms with Crippen LogP contribution < -0.4 is 10.6 Å². The first-order valence-corrected chi connectivity index (χ1v) is 8.44. The van der Waals surface area contributed by atoms with Crippen molar-refractivity contribution in [3.63, 3.8) is 0 Å². The van der Waals surface area contributed by atoms with Gasteiger partial charge in [0.2, 0.25) is 0 Å². The van der Waals surface area contributed by atoms with E-state index < -0.39 is 0 Å². The fraction of sp³-hybridized carbons (Fsp3) is 0.714. The molecule has 1 aliphatic heterocycles. The number of aliphatic imine (C=N–C) groups is 1. The molecule has 1 fully saturated rings. The zero-order chi connectivity index (χ0) is 14.2. The highest BCUT2D eigenvalue weighted by Gasteiger charge is 2.14. The molecule has 1 aliphatic rings. The highest BCUT2D eigenvalue weighted by Crippen LogP contribution is 2.25. The number of hydrogen-bond donors (Lipinski definition) is 2. The average molecular weight is 295 g/mol. The standard InChI is InChI=1S/C14H25N5S/c1-3-15-14(17-10-13-5-4-8-20-13)16-7-6-12-9-18-19(2)11-12/h9,11,13H,3-8,10H2,1-2H3,(H2,15,16,17). The second kappa shape index (κ2) is 8.19. The Labute approximate surface area is 125 Å². The number of aryl methyl sites for hydroxylation is 1. The van der Waals surface area contributed by atoms with Gasteiger partial charge in [-0.15, -0.1) is 0 Å². The quantitative estimate of drug-likeness (QED) is 0.615. The fourth-order valence-corrected chi connectivity index (χ4v) is 3.43. The van der Waals surface area contributed by atoms with Crippen molar-refractivity contribution in [3.05, 3.63) is 18.0 Å². The molecule has 0 radical (unpaired) electrons. The van der Waals surface area contributed by atoms with E-state index in [4.69, 9.17) is 0 Å². The van der Waals surface area contributed by atoms with Crippen molar-refractivity contribution in [3.8, 4) is 0 Å². The van der Waals surface area contributed by atoms with Gasteiger partial charge in [0.15, 0.2) is 5.96 Å². The van der Waals surface area contributed by atoms with E-state index in [1.807, 2.05) is 17.9 Å². The molecule has 1 atom stereocenters. The van der Waals surface area contributed by atoms with Gasteiger partial charge in [0.1, 0.15) is 0 Å². The van der Waals surface area contributed by atoms with Crippen LogP contribution in [0.3, 0.4) is 0 Å². The highest BCUT2D eigenvalue weighted by molar-refractivity contribution is 8.00. The van der Waals surface area contributed by atoms with Crippen LogP contribution in [0.2, 0.25) is 0 Å². The van der Waals surface area contributed by atoms with Gasteiger partial charge in [0, 0.05) is 31.6 Å². The molecule has 0 bridgehead atoms. The number of aromatic nitrogens is 2. The molecule has 2 heterocycles. The Morgan fingerprint density at radius 1 is 1.55 bits per heavy atom. The van der Waals surface area contributed by atoms with E-state index in [0.717, 1.165) is 32.0 Å². The van der Waals surface area contributed by atoms with Gasteiger partial charge >= 0.3 is 0 Å². The van der Waals surface area contributed by atoms with E-state index in [1.165, 1.54) is 24.2 Å². The Morgan fingerprint density at radius 2 is 2.45 bits per heavy atom. The predicted octanol–water partition coefficient (Wildman–Crippen LogP) is 1.41. The molecule has 1 aromatic heterocycles. The summed E-state index contributed by atoms with van der Waals surface area (Å²) in [6.45, 7) is 4.81. The third kappa shape index (κ3) is 5.07. The van der Waals surface area contributed by atoms with Crippen LogP contribution in [-0.2, 0) is 13.5 Å². The summed E-state index contributed by atoms with van der Waals surface area (Å²) in [6.07, 6.45) is 7.59. The Hall–Kier alpha value is -1.17. The molecule has 1 saturated heterocycles. The maximum atomic E-state index is 4.68. The minimum absolute atomic E-state index is 0.712. The van der Waals surface area contributed by atoms with Crippen molar-refractivity contribution in [1.82, 2.24) is 20.4 Å². The lowest BCUT2D eigenvalue weighted by molar-refractivity contribution is 0.758. The van der Waals surface area contributed by atoms with Crippen molar-refractivity contribution in [2.45, 2.75) is 31.4 Å². The molecule has 0 aromatic carbocycles. The topological polar surface area (TPSA) is 54.2 Å². The molecule has 2 rings (SSSR count). The van der Waals surface area contributed by atoms with E-state index in [2.05, 4.69) is 45.6 Å². The van der Waals surface area contributed by atoms with E-state index in [1.54, 1.807) is 0 Å². The van der Waals surface area contributed by atoms with Gasteiger partial charge in [-0.3, -0.25) is 9.67 Å². The first-order valence-electron chi connectivity index (χ1n) is 7.39. The summed E-state index contributed by atoms with van der Waals surface area (Å²) in [5.74, 6) is 2.23. The lowest BCUT2D eigenvalue weighted by atomic mass is 10.2. The van der Waals surface area contributed by atoms with Gasteiger partial charge in [0.25, 0.3) is 0 Å². The van der Waals surface area contributed by atoms with Crippen molar-refractivity contribution in [2.75, 3.05) is 25.4 Å². The number of thioether (sulfide) groups is 1. The second-order valence-electron chi connectivity index (χ2n) is 5.05. The maximum Gasteiger partial charge on any atom is 0.191 e. The molecular weight excluding hydrogens is 270 g/mol. The van der Waals surface area contributed by atoms with Crippen molar-refractivity contribution < 1.29 is 0 Å². The van der Waals surface area contributed by atoms with Crippen LogP contribution in [0.4, 0.5) is 0 Å². The van der Waals surface area contributed by atoms with E-state index in [-0.39, 0.29) is 0 Å². The SMILES string of the molecule is CCNC(=NCC1CCCS1)NCCc1cnn(C)c1. The minimum atomic E-state index is 0.712. The summed E-state index contributed by atoms with van der Waals surface area (Å²) in [6, 6.07) is 0. The van der Waals surface area contributed by atoms with Crippen molar-refractivity contribution in [2.24, 2.45) is 12.0 Å². The lowest BCUT2D eigenvalue weighted by Crippen LogP contribution is -2.38. The lowest BCUT2D eigenvalue weighted by Gasteiger charge is -2.12. The summed E-state index contributed by atoms with van der Waals surface area (Å²) in [5.41, 5.74) is 1.25. The Balaban J connectivity index is 1.74. The summed E-state index contributed by atoms with van der Waals surface area (Å²) >= 11 is 2.05. The fourth-order valence-electron chi connectivity index (χ4n) is 2.25. The molecule has 20 heavy (non-hydrogen) atoms. The number of hydrogen-bond acceptors (Lipinski definition) is 3. The average Bonchev–Trinajstić information content (AvgIpc) is 3.08. The summed E-state index contributed by atoms with van der Waals surface area (Å²) in [5, 5.41) is 11.6. The third-order valence-electron chi connectivity index (χ3n) is 3.29. The largest absolute Gasteiger partial charge is 0.357 e. The van der Waals surface area contributed by atoms with Crippen LogP contribution >= 0.6 is 11.8 Å². The Morgan fingerprint density at radius 3 is 3.10 bits per heavy atom. The molecule has 1 unspecified atom stereocenters. The van der Waals surface area contributed by atoms with Gasteiger partial charge < -0.3 is 10.6 Å². The molecule has 0 spiro atoms. The smallest absolute Gasteiger partial charge is 0.191 e. The number of nitrogens with one attached hydrogen (secondary N) is 2. The summed E-state index contributed by atoms with van der Waals surface area (Å²) in [7, 11) is 1.95. The molecule has 2 N–H and O–H groups in total. The first-order chi connectivity index (χ1) is 9.78. The van der Waals surface area contributed by atoms with Crippen molar-refractivity contribution in [1.29, 1.82) is 0 Å². The van der Waals surface area contributed by atoms with Crippen LogP contribution in [-0.4, -0.2) is 46.4 Å². The molecule has 0 amide bonds. The zero-order valence-corrected chi connectivity index (χ0v) is 13.2. The zero-order valence-electron chi connectivity index (χ0n) is 12.4. The molecular formula is C14H25N5S. The third-order valence-corrected chi connectivity index (χ3v) is 4.67. The number of nitrogens with zero attached hydrogens (tertiary/aromatic N) is 3. The second-order valence-corrected chi connectivity index (χ2v) is 6.46. The predicted molar refractivity (Wildman–Crippen MR) is 86.4 cm³/mol. The summed E-state index contributed by atoms with van der Waals surface area (Å²) < 4.78 is 1.84. The van der Waals surface area contributed by atoms with Crippen molar-refractivity contribution >= 4 is 17.7 Å². The minimum Gasteiger partial charge on any atom is -0.357 e. The molecule has 1 aromatic rings. The molecule has 0 aliphatic carbocycles. The van der Waals surface area contributed by atoms with Crippen LogP contribution in [0.25, 0.3) is 0 Å². The van der Waals surface area contributed by atoms with Crippen LogP contribution in [0.5, 0.6) is 0 Å². The summed E-state index contributed by atoms with van der Waals surface area (Å²) in [4.78, 5) is 4.68. The van der Waals surface area contributed by atoms with Gasteiger partial charge in [-0.05, 0) is 37.5 Å². The van der Waals surface area contributed by atoms with Crippen LogP contribution in [0, 0.1) is 0 Å². The molecule has 5 nitrogen and oxygen atoms in total. The number of guanidine groups is 1. The van der Waals surface area contributed by atoms with Gasteiger partial charge in [-0.1, -0.05) is 0 Å². The monoisotopic (exact) mass is 295 g/mol. The number of rotatable bonds is 6. The van der Waals surface area contributed by atoms with Gasteiger partial charge in [0.05, 0.1) is 12.7 Å². The Bertz CT molecular complexity index is 423. The first kappa shape index (κ1) is 15.2.